The molecule has 0 spiro atoms. The first-order chi connectivity index (χ1) is 18.1. The third kappa shape index (κ3) is 5.67. The van der Waals surface area contributed by atoms with Gasteiger partial charge >= 0.3 is 5.91 Å². The first kappa shape index (κ1) is 25.0. The number of thioether (sulfide) groups is 1. The Labute approximate surface area is 218 Å². The molecular weight excluding hydrogens is 492 g/mol. The second-order valence-electron chi connectivity index (χ2n) is 8.85. The lowest BCUT2D eigenvalue weighted by atomic mass is 9.97. The van der Waals surface area contributed by atoms with E-state index in [0.29, 0.717) is 17.8 Å². The van der Waals surface area contributed by atoms with Gasteiger partial charge in [0, 0.05) is 35.8 Å². The number of likely N-dealkylation sites (tertiary alicyclic amines) is 1. The molecule has 192 valence electrons. The van der Waals surface area contributed by atoms with Crippen LogP contribution < -0.4 is 0 Å². The Kier molecular flexibility index (Phi) is 7.81. The largest absolute Gasteiger partial charge is 0.493 e. The predicted octanol–water partition coefficient (Wildman–Crippen LogP) is 5.49. The van der Waals surface area contributed by atoms with E-state index in [-0.39, 0.29) is 29.7 Å². The third-order valence-corrected chi connectivity index (χ3v) is 7.35. The molecule has 11 heteroatoms. The van der Waals surface area contributed by atoms with Crippen LogP contribution in [0.4, 0.5) is 5.69 Å². The highest BCUT2D eigenvalue weighted by atomic mass is 32.2. The Morgan fingerprint density at radius 2 is 2.16 bits per heavy atom. The fraction of sp³-hybridized carbons (Fsp3) is 0.346. The number of pyridine rings is 1. The van der Waals surface area contributed by atoms with E-state index in [1.54, 1.807) is 19.4 Å². The molecule has 1 aromatic carbocycles. The van der Waals surface area contributed by atoms with Crippen molar-refractivity contribution in [2.45, 2.75) is 44.3 Å². The molecule has 2 aromatic heterocycles. The zero-order valence-corrected chi connectivity index (χ0v) is 21.3. The van der Waals surface area contributed by atoms with Crippen molar-refractivity contribution in [3.63, 3.8) is 0 Å². The molecule has 10 nitrogen and oxygen atoms in total. The highest BCUT2D eigenvalue weighted by Gasteiger charge is 2.27. The Morgan fingerprint density at radius 1 is 1.27 bits per heavy atom. The van der Waals surface area contributed by atoms with Gasteiger partial charge in [-0.1, -0.05) is 47.6 Å². The first-order valence-corrected chi connectivity index (χ1v) is 13.1. The Balaban J connectivity index is 1.32. The van der Waals surface area contributed by atoms with Crippen LogP contribution in [0.3, 0.4) is 0 Å². The summed E-state index contributed by atoms with van der Waals surface area (Å²) in [6.07, 6.45) is 8.52. The van der Waals surface area contributed by atoms with Gasteiger partial charge in [0.2, 0.25) is 5.88 Å². The highest BCUT2D eigenvalue weighted by Crippen LogP contribution is 2.40. The standard InChI is InChI=1S/C26H28N6O4S/c1-18(26-35-13-14-37-26)30-36-16-23(33)28-29-24-20-8-2-3-10-22(20)32(25(24)34)17-31-12-5-4-9-21(31)19-7-6-11-27-15-19/h2-3,6-8,10-11,13-15,21,26,34H,4-5,9,12,16-17H2,1H3/b29-28?,30-18+. The number of azo groups is 1. The van der Waals surface area contributed by atoms with Crippen molar-refractivity contribution < 1.29 is 19.5 Å². The monoisotopic (exact) mass is 520 g/mol. The molecule has 0 saturated carbocycles. The quantitative estimate of drug-likeness (QED) is 0.237. The molecule has 1 amide bonds. The van der Waals surface area contributed by atoms with E-state index in [2.05, 4.69) is 31.3 Å². The smallest absolute Gasteiger partial charge is 0.304 e. The summed E-state index contributed by atoms with van der Waals surface area (Å²) in [5, 5.41) is 25.5. The molecule has 2 atom stereocenters. The summed E-state index contributed by atoms with van der Waals surface area (Å²) in [7, 11) is 0. The summed E-state index contributed by atoms with van der Waals surface area (Å²) in [5.74, 6) is -0.649. The van der Waals surface area contributed by atoms with Crippen LogP contribution in [-0.4, -0.2) is 49.8 Å². The van der Waals surface area contributed by atoms with Crippen molar-refractivity contribution in [3.05, 3.63) is 66.0 Å². The van der Waals surface area contributed by atoms with E-state index in [1.807, 2.05) is 46.5 Å². The van der Waals surface area contributed by atoms with Gasteiger partial charge in [0.25, 0.3) is 0 Å². The molecule has 2 aliphatic rings. The molecular formula is C26H28N6O4S. The predicted molar refractivity (Wildman–Crippen MR) is 141 cm³/mol. The number of benzene rings is 1. The molecule has 2 aliphatic heterocycles. The zero-order valence-electron chi connectivity index (χ0n) is 20.4. The second kappa shape index (κ2) is 11.6. The minimum absolute atomic E-state index is 0.0362. The van der Waals surface area contributed by atoms with Crippen LogP contribution in [0, 0.1) is 0 Å². The molecule has 0 radical (unpaired) electrons. The summed E-state index contributed by atoms with van der Waals surface area (Å²) in [6.45, 7) is 2.76. The van der Waals surface area contributed by atoms with Crippen molar-refractivity contribution in [1.82, 2.24) is 14.5 Å². The maximum atomic E-state index is 12.3. The lowest BCUT2D eigenvalue weighted by molar-refractivity contribution is -0.122. The number of carbonyl (C=O) groups is 1. The number of fused-ring (bicyclic) bond motifs is 1. The number of amides is 1. The molecule has 1 fully saturated rings. The van der Waals surface area contributed by atoms with Crippen molar-refractivity contribution in [3.8, 4) is 5.88 Å². The number of oxime groups is 1. The number of rotatable bonds is 8. The number of piperidine rings is 1. The van der Waals surface area contributed by atoms with Crippen molar-refractivity contribution in [2.24, 2.45) is 15.4 Å². The van der Waals surface area contributed by atoms with Crippen LogP contribution in [0.5, 0.6) is 5.88 Å². The van der Waals surface area contributed by atoms with Crippen molar-refractivity contribution in [1.29, 1.82) is 0 Å². The Bertz CT molecular complexity index is 1330. The van der Waals surface area contributed by atoms with Crippen LogP contribution in [0.2, 0.25) is 0 Å². The second-order valence-corrected chi connectivity index (χ2v) is 9.82. The number of hydrogen-bond donors (Lipinski definition) is 1. The van der Waals surface area contributed by atoms with Crippen LogP contribution in [0.1, 0.15) is 37.8 Å². The molecule has 0 bridgehead atoms. The SMILES string of the molecule is C/C(=N\OCC(=O)N=Nc1c(O)n(CN2CCCCC2c2cccnc2)c2ccccc12)C1OC=CS1. The number of hydrogen-bond acceptors (Lipinski definition) is 9. The van der Waals surface area contributed by atoms with Crippen LogP contribution in [0.15, 0.2) is 75.8 Å². The maximum Gasteiger partial charge on any atom is 0.304 e. The fourth-order valence-electron chi connectivity index (χ4n) is 4.61. The third-order valence-electron chi connectivity index (χ3n) is 6.38. The minimum atomic E-state index is -0.612. The van der Waals surface area contributed by atoms with Gasteiger partial charge < -0.3 is 14.7 Å². The van der Waals surface area contributed by atoms with Gasteiger partial charge in [0.15, 0.2) is 17.7 Å². The zero-order chi connectivity index (χ0) is 25.6. The summed E-state index contributed by atoms with van der Waals surface area (Å²) < 4.78 is 7.15. The Hall–Kier alpha value is -3.70. The minimum Gasteiger partial charge on any atom is -0.493 e. The highest BCUT2D eigenvalue weighted by molar-refractivity contribution is 8.03. The normalized spacial score (nSPS) is 20.5. The molecule has 4 heterocycles. The van der Waals surface area contributed by atoms with Crippen molar-refractivity contribution >= 4 is 40.0 Å². The molecule has 2 unspecified atom stereocenters. The lowest BCUT2D eigenvalue weighted by Crippen LogP contribution is -2.34. The van der Waals surface area contributed by atoms with Gasteiger partial charge in [-0.2, -0.15) is 0 Å². The van der Waals surface area contributed by atoms with E-state index in [1.165, 1.54) is 11.8 Å². The van der Waals surface area contributed by atoms with Gasteiger partial charge in [-0.3, -0.25) is 19.2 Å². The van der Waals surface area contributed by atoms with Gasteiger partial charge in [0.05, 0.1) is 18.4 Å². The molecule has 3 aromatic rings. The van der Waals surface area contributed by atoms with Crippen LogP contribution in [0.25, 0.3) is 10.9 Å². The topological polar surface area (TPSA) is 114 Å². The van der Waals surface area contributed by atoms with Crippen LogP contribution in [-0.2, 0) is 21.0 Å². The van der Waals surface area contributed by atoms with Gasteiger partial charge in [-0.25, -0.2) is 0 Å². The number of aromatic hydroxyl groups is 1. The van der Waals surface area contributed by atoms with E-state index >= 15 is 0 Å². The van der Waals surface area contributed by atoms with E-state index in [9.17, 15) is 9.90 Å². The number of ether oxygens (including phenoxy) is 1. The van der Waals surface area contributed by atoms with Gasteiger partial charge in [0.1, 0.15) is 5.71 Å². The number of para-hydroxylation sites is 1. The molecule has 0 aliphatic carbocycles. The lowest BCUT2D eigenvalue weighted by Gasteiger charge is -2.36. The van der Waals surface area contributed by atoms with E-state index in [0.717, 1.165) is 36.9 Å². The molecule has 1 N–H and O–H groups in total. The average Bonchev–Trinajstić information content (AvgIpc) is 3.56. The maximum absolute atomic E-state index is 12.3. The van der Waals surface area contributed by atoms with Crippen molar-refractivity contribution in [2.75, 3.05) is 13.2 Å². The van der Waals surface area contributed by atoms with Crippen LogP contribution >= 0.6 is 11.8 Å². The molecule has 1 saturated heterocycles. The average molecular weight is 521 g/mol. The molecule has 5 rings (SSSR count). The van der Waals surface area contributed by atoms with E-state index < -0.39 is 5.91 Å². The molecule has 37 heavy (non-hydrogen) atoms. The Morgan fingerprint density at radius 3 is 2.97 bits per heavy atom. The first-order valence-electron chi connectivity index (χ1n) is 12.1. The van der Waals surface area contributed by atoms with E-state index in [4.69, 9.17) is 9.57 Å². The number of nitrogens with zero attached hydrogens (tertiary/aromatic N) is 6. The summed E-state index contributed by atoms with van der Waals surface area (Å²) in [4.78, 5) is 24.0. The summed E-state index contributed by atoms with van der Waals surface area (Å²) >= 11 is 1.46. The number of aromatic nitrogens is 2. The fourth-order valence-corrected chi connectivity index (χ4v) is 5.25. The number of carbonyl (C=O) groups excluding carboxylic acids is 1. The summed E-state index contributed by atoms with van der Waals surface area (Å²) in [5.41, 5.74) is 2.58. The summed E-state index contributed by atoms with van der Waals surface area (Å²) in [6, 6.07) is 11.8. The van der Waals surface area contributed by atoms with Gasteiger partial charge in [-0.05, 0) is 37.5 Å². The van der Waals surface area contributed by atoms with Gasteiger partial charge in [-0.15, -0.1) is 10.2 Å².